The fourth-order valence-electron chi connectivity index (χ4n) is 10.7. The molecule has 14 nitrogen and oxygen atoms in total. The van der Waals surface area contributed by atoms with Gasteiger partial charge in [0.05, 0.1) is 31.2 Å². The van der Waals surface area contributed by atoms with Gasteiger partial charge in [-0.25, -0.2) is 4.39 Å². The van der Waals surface area contributed by atoms with Crippen LogP contribution in [0, 0.1) is 23.2 Å². The second-order valence-electron chi connectivity index (χ2n) is 17.5. The monoisotopic (exact) mass is 838 g/mol. The molecule has 4 aliphatic carbocycles. The quantitative estimate of drug-likeness (QED) is 0.179. The van der Waals surface area contributed by atoms with Gasteiger partial charge in [-0.2, -0.15) is 0 Å². The molecule has 0 bridgehead atoms. The van der Waals surface area contributed by atoms with Gasteiger partial charge >= 0.3 is 11.9 Å². The lowest BCUT2D eigenvalue weighted by atomic mass is 9.48. The summed E-state index contributed by atoms with van der Waals surface area (Å²) in [4.78, 5) is 68.9. The number of carbonyl (C=O) groups is 5. The molecule has 2 aromatic carbocycles. The number of anilines is 1. The van der Waals surface area contributed by atoms with Crippen LogP contribution in [0.25, 0.3) is 10.8 Å². The molecule has 8 rings (SSSR count). The van der Waals surface area contributed by atoms with Crippen molar-refractivity contribution in [2.45, 2.75) is 88.2 Å². The van der Waals surface area contributed by atoms with Crippen molar-refractivity contribution in [3.63, 3.8) is 0 Å². The summed E-state index contributed by atoms with van der Waals surface area (Å²) in [5.41, 5.74) is 3.82. The molecule has 0 radical (unpaired) electrons. The average molecular weight is 839 g/mol. The summed E-state index contributed by atoms with van der Waals surface area (Å²) in [5, 5.41) is 19.1. The Morgan fingerprint density at radius 2 is 1.75 bits per heavy atom. The van der Waals surface area contributed by atoms with Gasteiger partial charge in [0, 0.05) is 47.3 Å². The Kier molecular flexibility index (Phi) is 11.3. The lowest BCUT2D eigenvalue weighted by Gasteiger charge is -2.59. The number of alkyl halides is 1. The zero-order valence-corrected chi connectivity index (χ0v) is 34.4. The minimum Gasteiger partial charge on any atom is -0.460 e. The molecule has 4 fully saturated rings. The van der Waals surface area contributed by atoms with Crippen LogP contribution >= 0.6 is 0 Å². The number of ketones is 2. The summed E-state index contributed by atoms with van der Waals surface area (Å²) in [6.07, 6.45) is 6.73. The van der Waals surface area contributed by atoms with Crippen molar-refractivity contribution < 1.29 is 52.4 Å². The molecular formula is C46H51FN4O10. The first kappa shape index (κ1) is 42.5. The summed E-state index contributed by atoms with van der Waals surface area (Å²) in [6, 6.07) is 14.4. The number of pyridine rings is 1. The number of nitrogens with one attached hydrogen (secondary N) is 2. The Labute approximate surface area is 352 Å². The first-order valence-electron chi connectivity index (χ1n) is 20.8. The number of aliphatic hydroxyl groups is 1. The van der Waals surface area contributed by atoms with E-state index in [9.17, 15) is 29.1 Å². The number of benzene rings is 2. The lowest BCUT2D eigenvalue weighted by molar-refractivity contribution is -0.221. The summed E-state index contributed by atoms with van der Waals surface area (Å²) in [6.45, 7) is 3.77. The van der Waals surface area contributed by atoms with E-state index in [1.807, 2.05) is 18.2 Å². The Balaban J connectivity index is 0.813. The van der Waals surface area contributed by atoms with Crippen molar-refractivity contribution in [1.82, 2.24) is 10.3 Å². The van der Waals surface area contributed by atoms with E-state index in [-0.39, 0.29) is 43.7 Å². The predicted octanol–water partition coefficient (Wildman–Crippen LogP) is 4.14. The third-order valence-corrected chi connectivity index (χ3v) is 13.6. The molecule has 5 N–H and O–H groups in total. The summed E-state index contributed by atoms with van der Waals surface area (Å²) < 4.78 is 40.9. The van der Waals surface area contributed by atoms with Gasteiger partial charge in [-0.15, -0.1) is 0 Å². The maximum atomic E-state index is 17.5. The molecule has 1 aromatic heterocycles. The second kappa shape index (κ2) is 16.3. The van der Waals surface area contributed by atoms with Crippen molar-refractivity contribution in [2.75, 3.05) is 31.6 Å². The number of nitrogens with two attached hydrogens (primary N) is 1. The van der Waals surface area contributed by atoms with Crippen LogP contribution in [0.2, 0.25) is 0 Å². The molecule has 1 unspecified atom stereocenters. The molecule has 9 atom stereocenters. The number of ether oxygens (including phenoxy) is 4. The number of nitrogens with zero attached hydrogens (tertiary/aromatic N) is 1. The van der Waals surface area contributed by atoms with E-state index in [0.29, 0.717) is 41.6 Å². The number of aromatic nitrogens is 1. The Morgan fingerprint density at radius 3 is 2.51 bits per heavy atom. The molecule has 1 saturated heterocycles. The predicted molar refractivity (Wildman–Crippen MR) is 219 cm³/mol. The highest BCUT2D eigenvalue weighted by molar-refractivity contribution is 6.01. The third kappa shape index (κ3) is 7.60. The molecule has 1 amide bonds. The third-order valence-electron chi connectivity index (χ3n) is 13.6. The van der Waals surface area contributed by atoms with Crippen LogP contribution in [-0.4, -0.2) is 95.0 Å². The topological polar surface area (TPSA) is 205 Å². The number of halogens is 1. The summed E-state index contributed by atoms with van der Waals surface area (Å²) in [5.74, 6) is -5.82. The molecule has 322 valence electrons. The Morgan fingerprint density at radius 1 is 1.00 bits per heavy atom. The lowest BCUT2D eigenvalue weighted by Crippen LogP contribution is -2.66. The van der Waals surface area contributed by atoms with Crippen molar-refractivity contribution in [3.05, 3.63) is 95.9 Å². The van der Waals surface area contributed by atoms with Crippen molar-refractivity contribution in [2.24, 2.45) is 28.9 Å². The highest BCUT2D eigenvalue weighted by Crippen LogP contribution is 2.68. The second-order valence-corrected chi connectivity index (χ2v) is 17.5. The van der Waals surface area contributed by atoms with Gasteiger partial charge in [0.1, 0.15) is 6.61 Å². The van der Waals surface area contributed by atoms with Crippen LogP contribution in [0.4, 0.5) is 10.1 Å². The van der Waals surface area contributed by atoms with E-state index in [0.717, 1.165) is 10.8 Å². The smallest absolute Gasteiger partial charge is 0.320 e. The van der Waals surface area contributed by atoms with Crippen LogP contribution in [-0.2, 0) is 49.5 Å². The zero-order chi connectivity index (χ0) is 43.3. The SMILES string of the molecule is CC1(C)O[C@@H]2C[C@@H]3C(C[C@H](O)[C@@]4(F)[C@H]3CCC3=CC(=O)C=C[C@@]34C)[C@]2(C(=O)COC(=O)CNCC(=O)OCc2ccc([C@@H](CN)C(=O)Nc3ccc4cnccc4c3)cc2)O1. The minimum atomic E-state index is -2.08. The maximum Gasteiger partial charge on any atom is 0.320 e. The van der Waals surface area contributed by atoms with E-state index in [2.05, 4.69) is 15.6 Å². The largest absolute Gasteiger partial charge is 0.460 e. The number of fused-ring (bicyclic) bond motifs is 8. The number of allylic oxidation sites excluding steroid dienone is 4. The van der Waals surface area contributed by atoms with Crippen LogP contribution < -0.4 is 16.4 Å². The number of Topliss-reactive ketones (excluding diaryl/α,β-unsaturated/α-hetero) is 1. The fraction of sp³-hybridized carbons (Fsp3) is 0.478. The van der Waals surface area contributed by atoms with Gasteiger partial charge in [0.2, 0.25) is 11.7 Å². The number of carbonyl (C=O) groups excluding carboxylic acids is 5. The highest BCUT2D eigenvalue weighted by Gasteiger charge is 2.75. The molecule has 5 aliphatic rings. The van der Waals surface area contributed by atoms with E-state index < -0.39 is 83.3 Å². The van der Waals surface area contributed by atoms with Gasteiger partial charge in [-0.05, 0) is 99.2 Å². The molecular weight excluding hydrogens is 788 g/mol. The molecule has 0 spiro atoms. The normalized spacial score (nSPS) is 31.2. The van der Waals surface area contributed by atoms with E-state index in [1.54, 1.807) is 69.6 Å². The van der Waals surface area contributed by atoms with E-state index >= 15 is 4.39 Å². The van der Waals surface area contributed by atoms with Crippen LogP contribution in [0.5, 0.6) is 0 Å². The van der Waals surface area contributed by atoms with Crippen molar-refractivity contribution >= 4 is 45.9 Å². The van der Waals surface area contributed by atoms with Crippen LogP contribution in [0.3, 0.4) is 0 Å². The first-order valence-corrected chi connectivity index (χ1v) is 20.8. The fourth-order valence-corrected chi connectivity index (χ4v) is 10.7. The molecule has 1 aliphatic heterocycles. The number of aliphatic hydroxyl groups excluding tert-OH is 1. The Bertz CT molecular complexity index is 2320. The Hall–Kier alpha value is -5.19. The van der Waals surface area contributed by atoms with Crippen molar-refractivity contribution in [3.8, 4) is 0 Å². The van der Waals surface area contributed by atoms with Gasteiger partial charge in [-0.3, -0.25) is 34.3 Å². The highest BCUT2D eigenvalue weighted by atomic mass is 19.1. The van der Waals surface area contributed by atoms with Crippen molar-refractivity contribution in [1.29, 1.82) is 0 Å². The molecule has 15 heteroatoms. The zero-order valence-electron chi connectivity index (χ0n) is 34.4. The average Bonchev–Trinajstić information content (AvgIpc) is 3.67. The van der Waals surface area contributed by atoms with Crippen LogP contribution in [0.1, 0.15) is 63.5 Å². The van der Waals surface area contributed by atoms with Gasteiger partial charge < -0.3 is 35.1 Å². The molecule has 2 heterocycles. The van der Waals surface area contributed by atoms with Gasteiger partial charge in [0.25, 0.3) is 0 Å². The summed E-state index contributed by atoms with van der Waals surface area (Å²) in [7, 11) is 0. The minimum absolute atomic E-state index is 0.0540. The first-order chi connectivity index (χ1) is 29.1. The molecule has 3 aromatic rings. The van der Waals surface area contributed by atoms with Gasteiger partial charge in [-0.1, -0.05) is 42.0 Å². The standard InChI is InChI=1S/C46H51FN4O10/c1-43(2)60-39-18-33-35-11-9-30-17-32(52)12-14-44(30,3)46(35,47)37(53)19-36(33)45(39,61-43)38(54)25-59-41(56)23-50-22-40(55)58-24-26-4-6-27(7-5-26)34(20-48)42(57)51-31-10-8-29-21-49-15-13-28(29)16-31/h4-8,10,12-17,21,33-37,39,50,53H,9,11,18-20,22-25,48H2,1-3H3,(H,51,57)/t33-,34+,35-,36?,37-,39+,44-,45+,46-/m0/s1. The molecule has 61 heavy (non-hydrogen) atoms. The number of hydrogen-bond donors (Lipinski definition) is 4. The number of rotatable bonds is 13. The maximum absolute atomic E-state index is 17.5. The van der Waals surface area contributed by atoms with Crippen LogP contribution in [0.15, 0.2) is 84.7 Å². The number of hydrogen-bond acceptors (Lipinski definition) is 13. The van der Waals surface area contributed by atoms with Gasteiger partial charge in [0.15, 0.2) is 29.4 Å². The summed E-state index contributed by atoms with van der Waals surface area (Å²) >= 11 is 0. The van der Waals surface area contributed by atoms with E-state index in [1.165, 1.54) is 12.2 Å². The number of amides is 1. The molecule has 3 saturated carbocycles. The van der Waals surface area contributed by atoms with E-state index in [4.69, 9.17) is 24.7 Å². The number of esters is 2.